The molecule has 1 heterocycles. The molecule has 0 spiro atoms. The molecule has 18 heavy (non-hydrogen) atoms. The zero-order valence-corrected chi connectivity index (χ0v) is 11.2. The first-order valence-corrected chi connectivity index (χ1v) is 7.53. The Morgan fingerprint density at radius 2 is 2.22 bits per heavy atom. The molecule has 1 aliphatic heterocycles. The van der Waals surface area contributed by atoms with E-state index >= 15 is 0 Å². The van der Waals surface area contributed by atoms with Crippen molar-refractivity contribution in [1.82, 2.24) is 10.0 Å². The third-order valence-electron chi connectivity index (χ3n) is 2.83. The van der Waals surface area contributed by atoms with Gasteiger partial charge in [-0.05, 0) is 37.6 Å². The summed E-state index contributed by atoms with van der Waals surface area (Å²) in [5.41, 5.74) is 0. The summed E-state index contributed by atoms with van der Waals surface area (Å²) >= 11 is 5.64. The monoisotopic (exact) mass is 292 g/mol. The van der Waals surface area contributed by atoms with Crippen molar-refractivity contribution in [3.63, 3.8) is 0 Å². The molecule has 7 heteroatoms. The van der Waals surface area contributed by atoms with Crippen LogP contribution in [0.2, 0.25) is 5.02 Å². The maximum atomic E-state index is 13.1. The number of benzene rings is 1. The lowest BCUT2D eigenvalue weighted by molar-refractivity contribution is 0.550. The molecule has 1 aromatic rings. The van der Waals surface area contributed by atoms with Crippen LogP contribution in [-0.4, -0.2) is 27.5 Å². The van der Waals surface area contributed by atoms with Crippen LogP contribution in [0.3, 0.4) is 0 Å². The van der Waals surface area contributed by atoms with E-state index in [1.807, 2.05) is 0 Å². The van der Waals surface area contributed by atoms with Crippen molar-refractivity contribution >= 4 is 21.6 Å². The molecule has 2 N–H and O–H groups in total. The van der Waals surface area contributed by atoms with E-state index in [1.165, 1.54) is 6.07 Å². The maximum absolute atomic E-state index is 13.1. The second-order valence-corrected chi connectivity index (χ2v) is 6.45. The Morgan fingerprint density at radius 1 is 1.44 bits per heavy atom. The van der Waals surface area contributed by atoms with Crippen molar-refractivity contribution in [2.45, 2.75) is 23.8 Å². The van der Waals surface area contributed by atoms with Crippen molar-refractivity contribution in [3.8, 4) is 0 Å². The molecule has 0 saturated carbocycles. The predicted molar refractivity (Wildman–Crippen MR) is 67.6 cm³/mol. The van der Waals surface area contributed by atoms with Gasteiger partial charge in [0.25, 0.3) is 0 Å². The van der Waals surface area contributed by atoms with Gasteiger partial charge in [0, 0.05) is 17.6 Å². The summed E-state index contributed by atoms with van der Waals surface area (Å²) < 4.78 is 39.4. The summed E-state index contributed by atoms with van der Waals surface area (Å²) in [7, 11) is -3.71. The van der Waals surface area contributed by atoms with Gasteiger partial charge in [-0.1, -0.05) is 11.6 Å². The zero-order chi connectivity index (χ0) is 13.2. The standard InChI is InChI=1S/C11H14ClFN2O2S/c12-8-4-9(13)6-11(5-8)18(16,17)15-7-10-2-1-3-14-10/h4-6,10,14-15H,1-3,7H2. The van der Waals surface area contributed by atoms with E-state index in [4.69, 9.17) is 11.6 Å². The van der Waals surface area contributed by atoms with E-state index in [2.05, 4.69) is 10.0 Å². The molecule has 0 aliphatic carbocycles. The number of rotatable bonds is 4. The van der Waals surface area contributed by atoms with Crippen LogP contribution in [0, 0.1) is 5.82 Å². The van der Waals surface area contributed by atoms with Crippen LogP contribution in [0.5, 0.6) is 0 Å². The zero-order valence-electron chi connectivity index (χ0n) is 9.62. The summed E-state index contributed by atoms with van der Waals surface area (Å²) in [5.74, 6) is -0.665. The maximum Gasteiger partial charge on any atom is 0.240 e. The smallest absolute Gasteiger partial charge is 0.240 e. The lowest BCUT2D eigenvalue weighted by atomic mass is 10.2. The lowest BCUT2D eigenvalue weighted by Crippen LogP contribution is -2.37. The molecule has 1 atom stereocenters. The molecule has 1 fully saturated rings. The van der Waals surface area contributed by atoms with Crippen LogP contribution in [0.25, 0.3) is 0 Å². The normalized spacial score (nSPS) is 20.2. The lowest BCUT2D eigenvalue weighted by Gasteiger charge is -2.12. The number of hydrogen-bond acceptors (Lipinski definition) is 3. The Balaban J connectivity index is 2.09. The third kappa shape index (κ3) is 3.41. The summed E-state index contributed by atoms with van der Waals surface area (Å²) in [6.07, 6.45) is 1.98. The molecule has 1 unspecified atom stereocenters. The molecule has 2 rings (SSSR count). The highest BCUT2D eigenvalue weighted by Gasteiger charge is 2.20. The number of sulfonamides is 1. The molecule has 0 amide bonds. The fourth-order valence-corrected chi connectivity index (χ4v) is 3.33. The first-order valence-electron chi connectivity index (χ1n) is 5.66. The van der Waals surface area contributed by atoms with Gasteiger partial charge in [-0.2, -0.15) is 0 Å². The number of halogens is 2. The van der Waals surface area contributed by atoms with Crippen molar-refractivity contribution in [3.05, 3.63) is 29.0 Å². The summed E-state index contributed by atoms with van der Waals surface area (Å²) in [4.78, 5) is -0.148. The fraction of sp³-hybridized carbons (Fsp3) is 0.455. The molecular formula is C11H14ClFN2O2S. The Morgan fingerprint density at radius 3 is 2.83 bits per heavy atom. The molecule has 4 nitrogen and oxygen atoms in total. The van der Waals surface area contributed by atoms with Crippen LogP contribution in [0.15, 0.2) is 23.1 Å². The van der Waals surface area contributed by atoms with Gasteiger partial charge in [0.1, 0.15) is 5.82 Å². The van der Waals surface area contributed by atoms with Crippen molar-refractivity contribution in [1.29, 1.82) is 0 Å². The Kier molecular flexibility index (Phi) is 4.21. The van der Waals surface area contributed by atoms with Gasteiger partial charge in [0.05, 0.1) is 4.90 Å². The van der Waals surface area contributed by atoms with Crippen LogP contribution in [0.1, 0.15) is 12.8 Å². The van der Waals surface area contributed by atoms with Gasteiger partial charge < -0.3 is 5.32 Å². The topological polar surface area (TPSA) is 58.2 Å². The predicted octanol–water partition coefficient (Wildman–Crippen LogP) is 1.51. The third-order valence-corrected chi connectivity index (χ3v) is 4.45. The number of hydrogen-bond donors (Lipinski definition) is 2. The Bertz CT molecular complexity index is 510. The Hall–Kier alpha value is -0.690. The minimum Gasteiger partial charge on any atom is -0.313 e. The van der Waals surface area contributed by atoms with E-state index in [9.17, 15) is 12.8 Å². The first kappa shape index (κ1) is 13.7. The molecular weight excluding hydrogens is 279 g/mol. The van der Waals surface area contributed by atoms with E-state index in [1.54, 1.807) is 0 Å². The highest BCUT2D eigenvalue weighted by atomic mass is 35.5. The summed E-state index contributed by atoms with van der Waals surface area (Å²) in [6, 6.07) is 3.40. The highest BCUT2D eigenvalue weighted by molar-refractivity contribution is 7.89. The molecule has 100 valence electrons. The highest BCUT2D eigenvalue weighted by Crippen LogP contribution is 2.18. The largest absolute Gasteiger partial charge is 0.313 e. The first-order chi connectivity index (χ1) is 8.47. The molecule has 0 bridgehead atoms. The van der Waals surface area contributed by atoms with Gasteiger partial charge >= 0.3 is 0 Å². The molecule has 1 aromatic carbocycles. The van der Waals surface area contributed by atoms with Gasteiger partial charge in [-0.25, -0.2) is 17.5 Å². The molecule has 0 radical (unpaired) electrons. The summed E-state index contributed by atoms with van der Waals surface area (Å²) in [6.45, 7) is 1.20. The molecule has 1 saturated heterocycles. The quantitative estimate of drug-likeness (QED) is 0.884. The van der Waals surface area contributed by atoms with E-state index in [0.29, 0.717) is 6.54 Å². The van der Waals surface area contributed by atoms with Crippen LogP contribution < -0.4 is 10.0 Å². The van der Waals surface area contributed by atoms with Gasteiger partial charge in [0.15, 0.2) is 0 Å². The fourth-order valence-electron chi connectivity index (χ4n) is 1.91. The van der Waals surface area contributed by atoms with E-state index < -0.39 is 15.8 Å². The van der Waals surface area contributed by atoms with Gasteiger partial charge in [0.2, 0.25) is 10.0 Å². The second-order valence-electron chi connectivity index (χ2n) is 4.25. The summed E-state index contributed by atoms with van der Waals surface area (Å²) in [5, 5.41) is 3.24. The van der Waals surface area contributed by atoms with E-state index in [-0.39, 0.29) is 16.0 Å². The van der Waals surface area contributed by atoms with Gasteiger partial charge in [-0.15, -0.1) is 0 Å². The molecule has 0 aromatic heterocycles. The minimum absolute atomic E-state index is 0.0642. The minimum atomic E-state index is -3.71. The van der Waals surface area contributed by atoms with Crippen molar-refractivity contribution in [2.75, 3.05) is 13.1 Å². The Labute approximate surface area is 111 Å². The van der Waals surface area contributed by atoms with E-state index in [0.717, 1.165) is 31.5 Å². The van der Waals surface area contributed by atoms with Crippen molar-refractivity contribution < 1.29 is 12.8 Å². The van der Waals surface area contributed by atoms with Crippen LogP contribution in [-0.2, 0) is 10.0 Å². The van der Waals surface area contributed by atoms with Gasteiger partial charge in [-0.3, -0.25) is 0 Å². The van der Waals surface area contributed by atoms with Crippen molar-refractivity contribution in [2.24, 2.45) is 0 Å². The molecule has 1 aliphatic rings. The second kappa shape index (κ2) is 5.52. The average molecular weight is 293 g/mol. The van der Waals surface area contributed by atoms with Crippen LogP contribution in [0.4, 0.5) is 4.39 Å². The SMILES string of the molecule is O=S(=O)(NCC1CCCN1)c1cc(F)cc(Cl)c1. The number of nitrogens with one attached hydrogen (secondary N) is 2. The average Bonchev–Trinajstić information content (AvgIpc) is 2.78. The van der Waals surface area contributed by atoms with Crippen LogP contribution >= 0.6 is 11.6 Å².